The predicted octanol–water partition coefficient (Wildman–Crippen LogP) is 4.26. The van der Waals surface area contributed by atoms with Gasteiger partial charge in [0.25, 0.3) is 5.89 Å². The predicted molar refractivity (Wildman–Crippen MR) is 99.4 cm³/mol. The maximum atomic E-state index is 6.29. The molecule has 3 rings (SSSR count). The first-order valence-electron chi connectivity index (χ1n) is 8.40. The molecule has 1 aromatic heterocycles. The van der Waals surface area contributed by atoms with Crippen molar-refractivity contribution in [3.05, 3.63) is 29.6 Å². The topological polar surface area (TPSA) is 77.0 Å². The Balaban J connectivity index is 0.00000208. The van der Waals surface area contributed by atoms with E-state index in [0.29, 0.717) is 23.7 Å². The maximum Gasteiger partial charge on any atom is 0.258 e. The summed E-state index contributed by atoms with van der Waals surface area (Å²) in [6, 6.07) is 6.51. The van der Waals surface area contributed by atoms with Crippen molar-refractivity contribution in [1.82, 2.24) is 10.1 Å². The fourth-order valence-corrected chi connectivity index (χ4v) is 2.75. The van der Waals surface area contributed by atoms with Crippen molar-refractivity contribution in [2.75, 3.05) is 5.32 Å². The molecule has 6 heteroatoms. The zero-order chi connectivity index (χ0) is 16.6. The fourth-order valence-electron chi connectivity index (χ4n) is 2.75. The van der Waals surface area contributed by atoms with Crippen LogP contribution in [0.3, 0.4) is 0 Å². The summed E-state index contributed by atoms with van der Waals surface area (Å²) in [6.45, 7) is 8.69. The molecule has 0 bridgehead atoms. The van der Waals surface area contributed by atoms with Gasteiger partial charge < -0.3 is 15.6 Å². The van der Waals surface area contributed by atoms with Crippen molar-refractivity contribution in [1.29, 1.82) is 0 Å². The molecule has 1 saturated carbocycles. The van der Waals surface area contributed by atoms with Crippen LogP contribution in [0.2, 0.25) is 0 Å². The lowest BCUT2D eigenvalue weighted by Gasteiger charge is -2.34. The van der Waals surface area contributed by atoms with Crippen molar-refractivity contribution < 1.29 is 4.52 Å². The van der Waals surface area contributed by atoms with Gasteiger partial charge in [-0.1, -0.05) is 25.1 Å². The molecule has 0 aliphatic heterocycles. The van der Waals surface area contributed by atoms with Crippen LogP contribution in [0.5, 0.6) is 0 Å². The van der Waals surface area contributed by atoms with E-state index < -0.39 is 5.54 Å². The summed E-state index contributed by atoms with van der Waals surface area (Å²) in [4.78, 5) is 4.56. The molecule has 1 aliphatic rings. The molecule has 5 nitrogen and oxygen atoms in total. The van der Waals surface area contributed by atoms with Gasteiger partial charge in [0.05, 0.1) is 5.54 Å². The minimum Gasteiger partial charge on any atom is -0.382 e. The van der Waals surface area contributed by atoms with E-state index in [1.807, 2.05) is 12.1 Å². The van der Waals surface area contributed by atoms with Crippen LogP contribution in [-0.4, -0.2) is 16.2 Å². The number of rotatable bonds is 5. The minimum atomic E-state index is -0.391. The highest BCUT2D eigenvalue weighted by Crippen LogP contribution is 2.38. The lowest BCUT2D eigenvalue weighted by atomic mass is 9.77. The molecule has 0 amide bonds. The Morgan fingerprint density at radius 3 is 2.54 bits per heavy atom. The number of hydrogen-bond donors (Lipinski definition) is 2. The van der Waals surface area contributed by atoms with Crippen LogP contribution in [0.25, 0.3) is 11.5 Å². The Morgan fingerprint density at radius 2 is 1.96 bits per heavy atom. The molecule has 132 valence electrons. The smallest absolute Gasteiger partial charge is 0.258 e. The van der Waals surface area contributed by atoms with E-state index in [-0.39, 0.29) is 12.4 Å². The van der Waals surface area contributed by atoms with Crippen molar-refractivity contribution in [3.63, 3.8) is 0 Å². The van der Waals surface area contributed by atoms with Gasteiger partial charge in [0, 0.05) is 17.3 Å². The first-order chi connectivity index (χ1) is 10.9. The molecular weight excluding hydrogens is 324 g/mol. The monoisotopic (exact) mass is 350 g/mol. The van der Waals surface area contributed by atoms with E-state index in [4.69, 9.17) is 10.3 Å². The Morgan fingerprint density at radius 1 is 1.25 bits per heavy atom. The van der Waals surface area contributed by atoms with Crippen molar-refractivity contribution in [2.45, 2.75) is 58.5 Å². The molecule has 1 heterocycles. The molecule has 2 aromatic rings. The van der Waals surface area contributed by atoms with E-state index in [1.165, 1.54) is 0 Å². The van der Waals surface area contributed by atoms with Gasteiger partial charge in [-0.2, -0.15) is 4.98 Å². The highest BCUT2D eigenvalue weighted by Gasteiger charge is 2.39. The number of hydrogen-bond acceptors (Lipinski definition) is 5. The molecule has 0 spiro atoms. The van der Waals surface area contributed by atoms with Gasteiger partial charge in [0.1, 0.15) is 0 Å². The standard InChI is InChI=1S/C18H26N4O.ClH/c1-11(2)13(4)20-15-8-5-7-14(12(15)3)16-21-17(22-23-16)18(19)9-6-10-18;/h5,7-8,11,13,20H,6,9-10,19H2,1-4H3;1H. The zero-order valence-corrected chi connectivity index (χ0v) is 15.6. The molecule has 24 heavy (non-hydrogen) atoms. The normalized spacial score (nSPS) is 17.1. The molecule has 1 aliphatic carbocycles. The van der Waals surface area contributed by atoms with E-state index in [1.54, 1.807) is 0 Å². The molecule has 1 atom stereocenters. The van der Waals surface area contributed by atoms with Crippen molar-refractivity contribution >= 4 is 18.1 Å². The van der Waals surface area contributed by atoms with Gasteiger partial charge in [0.15, 0.2) is 5.82 Å². The minimum absolute atomic E-state index is 0. The van der Waals surface area contributed by atoms with E-state index in [2.05, 4.69) is 49.2 Å². The number of anilines is 1. The Kier molecular flexibility index (Phi) is 5.56. The van der Waals surface area contributed by atoms with Crippen molar-refractivity contribution in [2.24, 2.45) is 11.7 Å². The third-order valence-corrected chi connectivity index (χ3v) is 5.06. The summed E-state index contributed by atoms with van der Waals surface area (Å²) in [6.07, 6.45) is 2.99. The highest BCUT2D eigenvalue weighted by molar-refractivity contribution is 5.85. The van der Waals surface area contributed by atoms with E-state index in [0.717, 1.165) is 36.1 Å². The summed E-state index contributed by atoms with van der Waals surface area (Å²) in [5, 5.41) is 7.68. The first kappa shape index (κ1) is 18.7. The largest absolute Gasteiger partial charge is 0.382 e. The number of halogens is 1. The summed E-state index contributed by atoms with van der Waals surface area (Å²) >= 11 is 0. The second kappa shape index (κ2) is 7.11. The van der Waals surface area contributed by atoms with Gasteiger partial charge in [-0.25, -0.2) is 0 Å². The van der Waals surface area contributed by atoms with E-state index in [9.17, 15) is 0 Å². The number of aromatic nitrogens is 2. The van der Waals surface area contributed by atoms with Crippen LogP contribution >= 0.6 is 12.4 Å². The molecule has 3 N–H and O–H groups in total. The summed E-state index contributed by atoms with van der Waals surface area (Å²) in [5.41, 5.74) is 9.09. The van der Waals surface area contributed by atoms with E-state index >= 15 is 0 Å². The third kappa shape index (κ3) is 3.42. The van der Waals surface area contributed by atoms with Gasteiger partial charge in [-0.3, -0.25) is 0 Å². The van der Waals surface area contributed by atoms with Crippen molar-refractivity contribution in [3.8, 4) is 11.5 Å². The average molecular weight is 351 g/mol. The first-order valence-corrected chi connectivity index (χ1v) is 8.40. The van der Waals surface area contributed by atoms with Crippen LogP contribution in [-0.2, 0) is 5.54 Å². The fraction of sp³-hybridized carbons (Fsp3) is 0.556. The number of nitrogens with zero attached hydrogens (tertiary/aromatic N) is 2. The van der Waals surface area contributed by atoms with Gasteiger partial charge in [-0.05, 0) is 56.7 Å². The second-order valence-electron chi connectivity index (χ2n) is 7.09. The Bertz CT molecular complexity index is 694. The molecular formula is C18H27ClN4O. The van der Waals surface area contributed by atoms with Crippen LogP contribution in [0, 0.1) is 12.8 Å². The second-order valence-corrected chi connectivity index (χ2v) is 7.09. The molecule has 1 aromatic carbocycles. The maximum absolute atomic E-state index is 6.29. The van der Waals surface area contributed by atoms with Gasteiger partial charge in [-0.15, -0.1) is 12.4 Å². The SMILES string of the molecule is Cc1c(NC(C)C(C)C)cccc1-c1nc(C2(N)CCC2)no1.Cl. The average Bonchev–Trinajstić information content (AvgIpc) is 2.96. The van der Waals surface area contributed by atoms with Gasteiger partial charge >= 0.3 is 0 Å². The number of nitrogens with one attached hydrogen (secondary N) is 1. The highest BCUT2D eigenvalue weighted by atomic mass is 35.5. The molecule has 0 radical (unpaired) electrons. The van der Waals surface area contributed by atoms with Crippen LogP contribution in [0.4, 0.5) is 5.69 Å². The Labute approximate surface area is 149 Å². The summed E-state index contributed by atoms with van der Waals surface area (Å²) in [7, 11) is 0. The number of nitrogens with two attached hydrogens (primary N) is 1. The Hall–Kier alpha value is -1.59. The molecule has 0 saturated heterocycles. The summed E-state index contributed by atoms with van der Waals surface area (Å²) in [5.74, 6) is 1.74. The lowest BCUT2D eigenvalue weighted by Crippen LogP contribution is -2.44. The quantitative estimate of drug-likeness (QED) is 0.842. The summed E-state index contributed by atoms with van der Waals surface area (Å²) < 4.78 is 5.49. The number of benzene rings is 1. The van der Waals surface area contributed by atoms with Crippen LogP contribution in [0.1, 0.15) is 51.4 Å². The molecule has 1 unspecified atom stereocenters. The third-order valence-electron chi connectivity index (χ3n) is 5.06. The van der Waals surface area contributed by atoms with Crippen LogP contribution in [0.15, 0.2) is 22.7 Å². The van der Waals surface area contributed by atoms with Crippen LogP contribution < -0.4 is 11.1 Å². The lowest BCUT2D eigenvalue weighted by molar-refractivity contribution is 0.229. The molecule has 1 fully saturated rings. The van der Waals surface area contributed by atoms with Gasteiger partial charge in [0.2, 0.25) is 0 Å². The zero-order valence-electron chi connectivity index (χ0n) is 14.8.